The molecule has 1 aromatic heterocycles. The molecule has 28 heavy (non-hydrogen) atoms. The summed E-state index contributed by atoms with van der Waals surface area (Å²) in [5.41, 5.74) is 1.06. The van der Waals surface area contributed by atoms with Crippen LogP contribution in [0, 0.1) is 5.92 Å². The van der Waals surface area contributed by atoms with E-state index in [1.165, 1.54) is 45.3 Å². The van der Waals surface area contributed by atoms with Crippen LogP contribution in [0.1, 0.15) is 56.3 Å². The molecule has 6 nitrogen and oxygen atoms in total. The van der Waals surface area contributed by atoms with Crippen molar-refractivity contribution in [1.82, 2.24) is 20.1 Å². The summed E-state index contributed by atoms with van der Waals surface area (Å²) >= 11 is 1.65. The molecule has 0 aliphatic carbocycles. The molecular formula is C20H38IN5OS. The maximum atomic E-state index is 5.34. The van der Waals surface area contributed by atoms with E-state index in [0.717, 1.165) is 35.7 Å². The van der Waals surface area contributed by atoms with Gasteiger partial charge in [0.2, 0.25) is 0 Å². The normalized spacial score (nSPS) is 17.2. The number of rotatable bonds is 9. The molecule has 1 unspecified atom stereocenters. The topological polar surface area (TPSA) is 53.0 Å². The van der Waals surface area contributed by atoms with Crippen LogP contribution in [0.25, 0.3) is 0 Å². The number of ether oxygens (including phenoxy) is 1. The van der Waals surface area contributed by atoms with E-state index in [1.54, 1.807) is 18.4 Å². The Labute approximate surface area is 192 Å². The number of unbranched alkanes of at least 4 members (excludes halogenated alkanes) is 1. The minimum absolute atomic E-state index is 0. The van der Waals surface area contributed by atoms with Gasteiger partial charge in [-0.25, -0.2) is 4.98 Å². The summed E-state index contributed by atoms with van der Waals surface area (Å²) in [5, 5.41) is 6.61. The lowest BCUT2D eigenvalue weighted by atomic mass is 9.99. The largest absolute Gasteiger partial charge is 0.375 e. The lowest BCUT2D eigenvalue weighted by Gasteiger charge is -2.30. The Morgan fingerprint density at radius 3 is 2.79 bits per heavy atom. The van der Waals surface area contributed by atoms with Gasteiger partial charge in [0.1, 0.15) is 11.1 Å². The summed E-state index contributed by atoms with van der Waals surface area (Å²) in [6, 6.07) is 0. The minimum atomic E-state index is 0. The van der Waals surface area contributed by atoms with Gasteiger partial charge in [-0.05, 0) is 58.2 Å². The number of halogens is 1. The molecule has 1 N–H and O–H groups in total. The standard InChI is InChI=1S/C20H37N5OS.HI/c1-16-8-12-25(13-9-16)11-7-6-10-22-20(21-3)24(4)14-18-15-27-19(23-18)17(2)26-5;/h15-17H,6-14H2,1-5H3,(H,21,22);1H. The first-order valence-electron chi connectivity index (χ1n) is 10.1. The smallest absolute Gasteiger partial charge is 0.193 e. The van der Waals surface area contributed by atoms with Gasteiger partial charge in [-0.2, -0.15) is 0 Å². The van der Waals surface area contributed by atoms with Gasteiger partial charge in [0, 0.05) is 33.1 Å². The highest BCUT2D eigenvalue weighted by Crippen LogP contribution is 2.21. The average molecular weight is 524 g/mol. The third-order valence-electron chi connectivity index (χ3n) is 5.30. The number of methoxy groups -OCH3 is 1. The van der Waals surface area contributed by atoms with Crippen molar-refractivity contribution in [2.75, 3.05) is 47.4 Å². The summed E-state index contributed by atoms with van der Waals surface area (Å²) < 4.78 is 5.34. The maximum absolute atomic E-state index is 5.34. The van der Waals surface area contributed by atoms with Crippen molar-refractivity contribution in [2.24, 2.45) is 10.9 Å². The van der Waals surface area contributed by atoms with Gasteiger partial charge >= 0.3 is 0 Å². The number of likely N-dealkylation sites (tertiary alicyclic amines) is 1. The third-order valence-corrected chi connectivity index (χ3v) is 6.36. The highest BCUT2D eigenvalue weighted by molar-refractivity contribution is 14.0. The molecule has 1 aliphatic rings. The monoisotopic (exact) mass is 523 g/mol. The van der Waals surface area contributed by atoms with E-state index in [9.17, 15) is 0 Å². The number of guanidine groups is 1. The first-order valence-corrected chi connectivity index (χ1v) is 11.0. The number of hydrogen-bond acceptors (Lipinski definition) is 5. The molecule has 0 radical (unpaired) electrons. The van der Waals surface area contributed by atoms with Crippen LogP contribution in [-0.4, -0.2) is 68.1 Å². The van der Waals surface area contributed by atoms with Gasteiger partial charge in [0.25, 0.3) is 0 Å². The molecule has 0 aromatic carbocycles. The minimum Gasteiger partial charge on any atom is -0.375 e. The molecule has 0 amide bonds. The Bertz CT molecular complexity index is 575. The van der Waals surface area contributed by atoms with E-state index in [1.807, 2.05) is 14.0 Å². The molecule has 0 spiro atoms. The van der Waals surface area contributed by atoms with E-state index >= 15 is 0 Å². The Morgan fingerprint density at radius 2 is 2.14 bits per heavy atom. The summed E-state index contributed by atoms with van der Waals surface area (Å²) in [4.78, 5) is 13.8. The van der Waals surface area contributed by atoms with Crippen LogP contribution < -0.4 is 5.32 Å². The summed E-state index contributed by atoms with van der Waals surface area (Å²) in [5.74, 6) is 1.84. The van der Waals surface area contributed by atoms with Gasteiger partial charge in [-0.3, -0.25) is 4.99 Å². The fourth-order valence-electron chi connectivity index (χ4n) is 3.33. The third kappa shape index (κ3) is 8.51. The number of piperidine rings is 1. The van der Waals surface area contributed by atoms with Crippen LogP contribution in [0.5, 0.6) is 0 Å². The fraction of sp³-hybridized carbons (Fsp3) is 0.800. The van der Waals surface area contributed by atoms with Gasteiger partial charge < -0.3 is 19.9 Å². The van der Waals surface area contributed by atoms with Gasteiger partial charge in [0.05, 0.1) is 12.2 Å². The van der Waals surface area contributed by atoms with Crippen LogP contribution >= 0.6 is 35.3 Å². The Morgan fingerprint density at radius 1 is 1.43 bits per heavy atom. The number of nitrogens with one attached hydrogen (secondary N) is 1. The lowest BCUT2D eigenvalue weighted by molar-refractivity contribution is 0.119. The molecule has 2 rings (SSSR count). The number of hydrogen-bond donors (Lipinski definition) is 1. The van der Waals surface area contributed by atoms with Crippen LogP contribution in [0.3, 0.4) is 0 Å². The Hall–Kier alpha value is -0.450. The number of aliphatic imine (C=N–C) groups is 1. The zero-order chi connectivity index (χ0) is 19.6. The first-order chi connectivity index (χ1) is 13.0. The van der Waals surface area contributed by atoms with Gasteiger partial charge in [0.15, 0.2) is 5.96 Å². The number of aromatic nitrogens is 1. The zero-order valence-corrected chi connectivity index (χ0v) is 21.3. The zero-order valence-electron chi connectivity index (χ0n) is 18.1. The van der Waals surface area contributed by atoms with Gasteiger partial charge in [-0.1, -0.05) is 6.92 Å². The molecule has 162 valence electrons. The van der Waals surface area contributed by atoms with Crippen molar-refractivity contribution in [3.8, 4) is 0 Å². The molecule has 2 heterocycles. The van der Waals surface area contributed by atoms with Crippen LogP contribution in [0.15, 0.2) is 10.4 Å². The number of thiazole rings is 1. The first kappa shape index (κ1) is 25.6. The maximum Gasteiger partial charge on any atom is 0.193 e. The highest BCUT2D eigenvalue weighted by atomic mass is 127. The Balaban J connectivity index is 0.00000392. The summed E-state index contributed by atoms with van der Waals surface area (Å²) in [6.45, 7) is 9.88. The quantitative estimate of drug-likeness (QED) is 0.230. The van der Waals surface area contributed by atoms with Crippen LogP contribution in [0.4, 0.5) is 0 Å². The average Bonchev–Trinajstić information content (AvgIpc) is 3.13. The van der Waals surface area contributed by atoms with Crippen molar-refractivity contribution in [1.29, 1.82) is 0 Å². The molecule has 1 atom stereocenters. The lowest BCUT2D eigenvalue weighted by Crippen LogP contribution is -2.39. The van der Waals surface area contributed by atoms with E-state index in [2.05, 4.69) is 44.4 Å². The van der Waals surface area contributed by atoms with Crippen molar-refractivity contribution >= 4 is 41.3 Å². The van der Waals surface area contributed by atoms with Gasteiger partial charge in [-0.15, -0.1) is 35.3 Å². The van der Waals surface area contributed by atoms with E-state index < -0.39 is 0 Å². The molecule has 1 aliphatic heterocycles. The SMILES string of the molecule is CN=C(NCCCCN1CCC(C)CC1)N(C)Cc1csc(C(C)OC)n1.I. The molecular weight excluding hydrogens is 485 g/mol. The molecule has 1 aromatic rings. The molecule has 1 fully saturated rings. The van der Waals surface area contributed by atoms with Crippen molar-refractivity contribution < 1.29 is 4.74 Å². The second kappa shape index (κ2) is 13.7. The summed E-state index contributed by atoms with van der Waals surface area (Å²) in [6.07, 6.45) is 5.18. The predicted molar refractivity (Wildman–Crippen MR) is 130 cm³/mol. The summed E-state index contributed by atoms with van der Waals surface area (Å²) in [7, 11) is 5.62. The molecule has 0 saturated carbocycles. The van der Waals surface area contributed by atoms with Crippen molar-refractivity contribution in [3.63, 3.8) is 0 Å². The van der Waals surface area contributed by atoms with Crippen LogP contribution in [-0.2, 0) is 11.3 Å². The predicted octanol–water partition coefficient (Wildman–Crippen LogP) is 3.99. The molecule has 0 bridgehead atoms. The number of nitrogens with zero attached hydrogens (tertiary/aromatic N) is 4. The van der Waals surface area contributed by atoms with E-state index in [4.69, 9.17) is 4.74 Å². The fourth-order valence-corrected chi connectivity index (χ4v) is 4.17. The van der Waals surface area contributed by atoms with Crippen molar-refractivity contribution in [3.05, 3.63) is 16.1 Å². The molecule has 1 saturated heterocycles. The second-order valence-corrected chi connectivity index (χ2v) is 8.51. The van der Waals surface area contributed by atoms with E-state index in [0.29, 0.717) is 0 Å². The highest BCUT2D eigenvalue weighted by Gasteiger charge is 2.15. The second-order valence-electron chi connectivity index (χ2n) is 7.62. The molecule has 8 heteroatoms. The van der Waals surface area contributed by atoms with E-state index in [-0.39, 0.29) is 30.1 Å². The Kier molecular flexibility index (Phi) is 12.5. The van der Waals surface area contributed by atoms with Crippen LogP contribution in [0.2, 0.25) is 0 Å². The van der Waals surface area contributed by atoms with Crippen molar-refractivity contribution in [2.45, 2.75) is 52.2 Å².